The van der Waals surface area contributed by atoms with E-state index in [1.807, 2.05) is 0 Å². The molecule has 2 aliphatic rings. The molecule has 0 aliphatic carbocycles. The molecular formula is C106H93BN4. The van der Waals surface area contributed by atoms with Gasteiger partial charge in [0.05, 0.1) is 33.4 Å². The second-order valence-corrected chi connectivity index (χ2v) is 36.9. The van der Waals surface area contributed by atoms with Gasteiger partial charge in [0.1, 0.15) is 0 Å². The summed E-state index contributed by atoms with van der Waals surface area (Å²) in [6.07, 6.45) is 0. The molecule has 0 spiro atoms. The molecule has 0 radical (unpaired) electrons. The Morgan fingerprint density at radius 1 is 0.234 bits per heavy atom. The minimum Gasteiger partial charge on any atom is -0.310 e. The lowest BCUT2D eigenvalue weighted by Crippen LogP contribution is -2.61. The zero-order valence-electron chi connectivity index (χ0n) is 66.6. The smallest absolute Gasteiger partial charge is 0.252 e. The van der Waals surface area contributed by atoms with Gasteiger partial charge in [-0.1, -0.05) is 334 Å². The van der Waals surface area contributed by atoms with Crippen LogP contribution in [0.15, 0.2) is 291 Å². The number of fused-ring (bicyclic) bond motifs is 8. The van der Waals surface area contributed by atoms with Crippen molar-refractivity contribution in [1.29, 1.82) is 0 Å². The largest absolute Gasteiger partial charge is 0.310 e. The predicted molar refractivity (Wildman–Crippen MR) is 479 cm³/mol. The Balaban J connectivity index is 0.951. The van der Waals surface area contributed by atoms with Gasteiger partial charge in [-0.3, -0.25) is 0 Å². The highest BCUT2D eigenvalue weighted by Gasteiger charge is 2.47. The Morgan fingerprint density at radius 3 is 0.892 bits per heavy atom. The maximum Gasteiger partial charge on any atom is 0.252 e. The van der Waals surface area contributed by atoms with Crippen LogP contribution < -0.4 is 26.2 Å². The van der Waals surface area contributed by atoms with Gasteiger partial charge in [0.15, 0.2) is 0 Å². The summed E-state index contributed by atoms with van der Waals surface area (Å²) in [5, 5.41) is 12.9. The molecule has 0 saturated carbocycles. The van der Waals surface area contributed by atoms with Crippen molar-refractivity contribution >= 4 is 133 Å². The third-order valence-corrected chi connectivity index (χ3v) is 24.8. The Kier molecular flexibility index (Phi) is 15.0. The van der Waals surface area contributed by atoms with Gasteiger partial charge < -0.3 is 18.9 Å². The van der Waals surface area contributed by atoms with Crippen LogP contribution in [-0.2, 0) is 27.1 Å². The van der Waals surface area contributed by atoms with E-state index in [0.717, 1.165) is 90.0 Å². The van der Waals surface area contributed by atoms with E-state index in [0.29, 0.717) is 0 Å². The van der Waals surface area contributed by atoms with Crippen LogP contribution in [0.25, 0.3) is 132 Å². The molecule has 2 aliphatic heterocycles. The Bertz CT molecular complexity index is 6500. The summed E-state index contributed by atoms with van der Waals surface area (Å²) in [5.74, 6) is 0. The quantitative estimate of drug-likeness (QED) is 0.0856. The molecular weight excluding hydrogens is 1340 g/mol. The van der Waals surface area contributed by atoms with Crippen molar-refractivity contribution in [3.63, 3.8) is 0 Å². The highest BCUT2D eigenvalue weighted by atomic mass is 15.2. The number of hydrogen-bond acceptors (Lipinski definition) is 2. The molecule has 0 N–H and O–H groups in total. The fourth-order valence-corrected chi connectivity index (χ4v) is 18.9. The molecule has 0 saturated heterocycles. The lowest BCUT2D eigenvalue weighted by atomic mass is 9.33. The van der Waals surface area contributed by atoms with Crippen molar-refractivity contribution in [2.75, 3.05) is 9.80 Å². The molecule has 18 aromatic rings. The number of aromatic nitrogens is 2. The molecule has 5 heteroatoms. The van der Waals surface area contributed by atoms with Crippen LogP contribution >= 0.6 is 0 Å². The third kappa shape index (κ3) is 10.6. The molecule has 2 aromatic heterocycles. The molecule has 0 bridgehead atoms. The van der Waals surface area contributed by atoms with Crippen molar-refractivity contribution in [2.24, 2.45) is 0 Å². The zero-order chi connectivity index (χ0) is 76.3. The second-order valence-electron chi connectivity index (χ2n) is 36.9. The van der Waals surface area contributed by atoms with E-state index < -0.39 is 0 Å². The van der Waals surface area contributed by atoms with Gasteiger partial charge in [-0.25, -0.2) is 0 Å². The van der Waals surface area contributed by atoms with E-state index in [1.54, 1.807) is 0 Å². The van der Waals surface area contributed by atoms with E-state index in [1.165, 1.54) is 120 Å². The van der Waals surface area contributed by atoms with E-state index >= 15 is 0 Å². The fraction of sp³-hybridized carbons (Fsp3) is 0.189. The molecule has 0 unspecified atom stereocenters. The average molecular weight is 1430 g/mol. The first-order valence-corrected chi connectivity index (χ1v) is 39.9. The van der Waals surface area contributed by atoms with Crippen molar-refractivity contribution in [1.82, 2.24) is 9.13 Å². The number of nitrogens with zero attached hydrogens (tertiary/aromatic N) is 4. The summed E-state index contributed by atoms with van der Waals surface area (Å²) in [6, 6.07) is 114. The fourth-order valence-electron chi connectivity index (χ4n) is 18.9. The lowest BCUT2D eigenvalue weighted by Gasteiger charge is -2.46. The van der Waals surface area contributed by atoms with Crippen LogP contribution in [0.2, 0.25) is 0 Å². The van der Waals surface area contributed by atoms with E-state index in [4.69, 9.17) is 0 Å². The maximum atomic E-state index is 2.76. The number of anilines is 6. The van der Waals surface area contributed by atoms with Crippen LogP contribution in [0, 0.1) is 0 Å². The Labute approximate surface area is 653 Å². The topological polar surface area (TPSA) is 16.3 Å². The van der Waals surface area contributed by atoms with Crippen LogP contribution in [0.3, 0.4) is 0 Å². The summed E-state index contributed by atoms with van der Waals surface area (Å²) in [4.78, 5) is 5.50. The monoisotopic (exact) mass is 1430 g/mol. The molecule has 0 atom stereocenters. The van der Waals surface area contributed by atoms with Gasteiger partial charge in [0.2, 0.25) is 0 Å². The van der Waals surface area contributed by atoms with Crippen molar-refractivity contribution < 1.29 is 0 Å². The van der Waals surface area contributed by atoms with E-state index in [-0.39, 0.29) is 33.8 Å². The number of para-hydroxylation sites is 4. The van der Waals surface area contributed by atoms with Crippen LogP contribution in [0.5, 0.6) is 0 Å². The van der Waals surface area contributed by atoms with Gasteiger partial charge in [-0.2, -0.15) is 0 Å². The Morgan fingerprint density at radius 2 is 0.550 bits per heavy atom. The van der Waals surface area contributed by atoms with Crippen LogP contribution in [0.4, 0.5) is 34.1 Å². The summed E-state index contributed by atoms with van der Waals surface area (Å²) < 4.78 is 5.12. The van der Waals surface area contributed by atoms with Gasteiger partial charge in [0, 0.05) is 77.9 Å². The van der Waals surface area contributed by atoms with Gasteiger partial charge >= 0.3 is 0 Å². The molecule has 0 amide bonds. The maximum absolute atomic E-state index is 2.76. The molecule has 540 valence electrons. The van der Waals surface area contributed by atoms with Gasteiger partial charge in [-0.15, -0.1) is 0 Å². The average Bonchev–Trinajstić information content (AvgIpc) is 1.33. The highest BCUT2D eigenvalue weighted by Crippen LogP contribution is 2.56. The first kappa shape index (κ1) is 68.4. The minimum absolute atomic E-state index is 0.0451. The predicted octanol–water partition coefficient (Wildman–Crippen LogP) is 27.5. The van der Waals surface area contributed by atoms with Gasteiger partial charge in [-0.05, 0) is 187 Å². The first-order valence-electron chi connectivity index (χ1n) is 39.9. The van der Waals surface area contributed by atoms with Crippen molar-refractivity contribution in [2.45, 2.75) is 131 Å². The summed E-state index contributed by atoms with van der Waals surface area (Å²) in [5.41, 5.74) is 32.8. The van der Waals surface area contributed by atoms with Crippen molar-refractivity contribution in [3.8, 4) is 55.9 Å². The molecule has 0 fully saturated rings. The second kappa shape index (κ2) is 24.3. The summed E-state index contributed by atoms with van der Waals surface area (Å²) in [6.45, 7) is 34.9. The summed E-state index contributed by atoms with van der Waals surface area (Å²) in [7, 11) is 0. The van der Waals surface area contributed by atoms with Crippen LogP contribution in [0.1, 0.15) is 132 Å². The number of rotatable bonds is 8. The molecule has 111 heavy (non-hydrogen) atoms. The van der Waals surface area contributed by atoms with E-state index in [9.17, 15) is 0 Å². The normalized spacial score (nSPS) is 13.5. The molecule has 16 aromatic carbocycles. The third-order valence-electron chi connectivity index (χ3n) is 24.8. The minimum atomic E-state index is -0.341. The van der Waals surface area contributed by atoms with Crippen molar-refractivity contribution in [3.05, 3.63) is 319 Å². The molecule has 4 heterocycles. The number of benzene rings is 16. The summed E-state index contributed by atoms with van der Waals surface area (Å²) >= 11 is 0. The molecule has 20 rings (SSSR count). The molecule has 4 nitrogen and oxygen atoms in total. The van der Waals surface area contributed by atoms with Gasteiger partial charge in [0.25, 0.3) is 6.71 Å². The highest BCUT2D eigenvalue weighted by molar-refractivity contribution is 7.00. The first-order chi connectivity index (χ1) is 53.2. The Hall–Kier alpha value is -11.9. The zero-order valence-corrected chi connectivity index (χ0v) is 66.6. The lowest BCUT2D eigenvalue weighted by molar-refractivity contribution is 0.590. The standard InChI is InChI=1S/C106H93BN4/c1-102(2,3)70-46-36-64(37-47-70)77-28-22-29-78(65-38-48-71(49-39-65)103(4,5)6)100(77)110-91-62-75(108-87-34-18-16-26-81(87)82-27-17-19-35-88(82)108)54-56-85(91)107-86-57-55-76(109-89-58-44-68-24-20-32-83-84-33-21-25-69-45-59-90(109)98(96(69)84)97(89)95(68)83)63-92(86)111(94-61-74(106(13,14)15)60-93(110)99(94)107)101-79(66-40-50-72(51-41-66)104(7,8)9)30-23-31-80(101)67-42-52-73(53-43-67)105(10,11)12/h16-63H,1-15H3. The van der Waals surface area contributed by atoms with Crippen LogP contribution in [-0.4, -0.2) is 15.8 Å². The van der Waals surface area contributed by atoms with E-state index in [2.05, 4.69) is 414 Å². The SMILES string of the molecule is CC(C)(C)c1ccc(-c2cccc(-c3ccc(C(C)(C)C)cc3)c2N2c3cc(-n4c5ccccc5c5ccccc54)ccc3B3c4ccc(-n5c6ccc7cccc8c9cccc%10ccc5c(c%109)c6c78)cc4N(c4c(-c5ccc(C(C)(C)C)cc5)cccc4-c4ccc(C(C)(C)C)cc4)c4cc(C(C)(C)C)cc2c43)cc1. The number of hydrogen-bond donors (Lipinski definition) is 0.